The minimum atomic E-state index is -0.490. The molecule has 4 fully saturated rings. The standard InChI is InChI=1S/C62H73N3O16S/c1-3-53(66)74-33-7-9-35-76-56(68)40-13-17-42(18-14-40)58(70)78-47-26-21-44(22-27-47)60(72)80-49-30-32-52(46(37-49)38-63-65-62-64-51-31-25-39-11-5-6-12-50(39)55(51)82-62)81-61(73)45-23-28-48(29-24-45)79-59(71)43-19-15-41(16-20-43)57(69)77-36-10-8-34-75-54(67)4-2/h3-6,11-12,25,30-32,37-38,40-45,47-48H,1-2,7-10,13-24,26-29,33-36H2,(H,64,65)/b63-38+. The Balaban J connectivity index is 0.795. The van der Waals surface area contributed by atoms with Crippen molar-refractivity contribution in [2.24, 2.45) is 40.6 Å². The summed E-state index contributed by atoms with van der Waals surface area (Å²) in [7, 11) is 0. The number of hydrogen-bond acceptors (Lipinski definition) is 20. The van der Waals surface area contributed by atoms with Crippen LogP contribution in [0.3, 0.4) is 0 Å². The first-order chi connectivity index (χ1) is 39.8. The van der Waals surface area contributed by atoms with Crippen molar-refractivity contribution in [1.82, 2.24) is 4.98 Å². The van der Waals surface area contributed by atoms with Gasteiger partial charge in [-0.3, -0.25) is 34.2 Å². The molecule has 0 spiro atoms. The maximum atomic E-state index is 13.8. The number of thiazole rings is 1. The third kappa shape index (κ3) is 17.5. The molecule has 0 atom stereocenters. The van der Waals surface area contributed by atoms with Gasteiger partial charge in [0.15, 0.2) is 0 Å². The van der Waals surface area contributed by atoms with Crippen LogP contribution in [0.15, 0.2) is 85.0 Å². The van der Waals surface area contributed by atoms with Gasteiger partial charge >= 0.3 is 47.8 Å². The third-order valence-electron chi connectivity index (χ3n) is 15.8. The van der Waals surface area contributed by atoms with E-state index in [1.165, 1.54) is 17.6 Å². The summed E-state index contributed by atoms with van der Waals surface area (Å²) < 4.78 is 45.6. The van der Waals surface area contributed by atoms with Crippen molar-refractivity contribution in [2.45, 2.75) is 141 Å². The molecule has 20 heteroatoms. The highest BCUT2D eigenvalue weighted by Crippen LogP contribution is 2.37. The Labute approximate surface area is 480 Å². The molecule has 0 amide bonds. The summed E-state index contributed by atoms with van der Waals surface area (Å²) in [5.74, 6) is -4.64. The highest BCUT2D eigenvalue weighted by Gasteiger charge is 2.37. The summed E-state index contributed by atoms with van der Waals surface area (Å²) in [4.78, 5) is 106. The summed E-state index contributed by atoms with van der Waals surface area (Å²) in [6.45, 7) is 7.63. The van der Waals surface area contributed by atoms with E-state index < -0.39 is 35.7 Å². The van der Waals surface area contributed by atoms with E-state index in [4.69, 9.17) is 42.9 Å². The average Bonchev–Trinajstić information content (AvgIpc) is 4.18. The molecule has 4 aliphatic carbocycles. The molecule has 1 aromatic heterocycles. The molecule has 1 N–H and O–H groups in total. The van der Waals surface area contributed by atoms with Gasteiger partial charge in [-0.2, -0.15) is 5.10 Å². The summed E-state index contributed by atoms with van der Waals surface area (Å²) in [5.41, 5.74) is 4.20. The number of hydrazone groups is 1. The van der Waals surface area contributed by atoms with Crippen molar-refractivity contribution in [3.63, 3.8) is 0 Å². The second-order valence-electron chi connectivity index (χ2n) is 21.5. The lowest BCUT2D eigenvalue weighted by molar-refractivity contribution is -0.161. The minimum Gasteiger partial charge on any atom is -0.465 e. The summed E-state index contributed by atoms with van der Waals surface area (Å²) >= 11 is 1.45. The Bertz CT molecular complexity index is 2940. The maximum absolute atomic E-state index is 13.8. The molecular weight excluding hydrogens is 1070 g/mol. The van der Waals surface area contributed by atoms with Crippen molar-refractivity contribution in [2.75, 3.05) is 31.9 Å². The van der Waals surface area contributed by atoms with Crippen LogP contribution in [0.25, 0.3) is 21.0 Å². The Morgan fingerprint density at radius 1 is 0.524 bits per heavy atom. The second-order valence-corrected chi connectivity index (χ2v) is 22.5. The van der Waals surface area contributed by atoms with E-state index in [1.807, 2.05) is 36.4 Å². The van der Waals surface area contributed by atoms with Crippen LogP contribution in [0.5, 0.6) is 11.5 Å². The third-order valence-corrected chi connectivity index (χ3v) is 16.8. The Kier molecular flexibility index (Phi) is 22.6. The first-order valence-electron chi connectivity index (χ1n) is 28.8. The van der Waals surface area contributed by atoms with Crippen molar-refractivity contribution in [1.29, 1.82) is 0 Å². The smallest absolute Gasteiger partial charge is 0.330 e. The molecule has 82 heavy (non-hydrogen) atoms. The zero-order valence-electron chi connectivity index (χ0n) is 46.3. The zero-order valence-corrected chi connectivity index (χ0v) is 47.1. The molecule has 19 nitrogen and oxygen atoms in total. The zero-order chi connectivity index (χ0) is 57.8. The highest BCUT2D eigenvalue weighted by molar-refractivity contribution is 7.23. The quantitative estimate of drug-likeness (QED) is 0.0123. The van der Waals surface area contributed by atoms with Crippen LogP contribution in [-0.2, 0) is 66.8 Å². The molecule has 4 aliphatic rings. The molecule has 4 aromatic rings. The fourth-order valence-corrected chi connectivity index (χ4v) is 11.9. The van der Waals surface area contributed by atoms with Gasteiger partial charge in [0.25, 0.3) is 0 Å². The van der Waals surface area contributed by atoms with Gasteiger partial charge < -0.3 is 37.9 Å². The second kappa shape index (κ2) is 30.5. The van der Waals surface area contributed by atoms with Crippen LogP contribution in [-0.4, -0.2) is 97.6 Å². The number of ether oxygens (including phenoxy) is 8. The molecule has 4 saturated carbocycles. The van der Waals surface area contributed by atoms with Gasteiger partial charge in [-0.25, -0.2) is 14.6 Å². The number of nitrogens with zero attached hydrogens (tertiary/aromatic N) is 2. The largest absolute Gasteiger partial charge is 0.465 e. The fourth-order valence-electron chi connectivity index (χ4n) is 11.0. The van der Waals surface area contributed by atoms with Gasteiger partial charge in [-0.05, 0) is 158 Å². The molecule has 0 bridgehead atoms. The number of nitrogens with one attached hydrogen (secondary N) is 1. The molecule has 0 unspecified atom stereocenters. The summed E-state index contributed by atoms with van der Waals surface area (Å²) in [6, 6.07) is 16.8. The van der Waals surface area contributed by atoms with Gasteiger partial charge in [0, 0.05) is 23.1 Å². The molecule has 0 saturated heterocycles. The van der Waals surface area contributed by atoms with Crippen LogP contribution in [0, 0.1) is 35.5 Å². The Morgan fingerprint density at radius 3 is 1.49 bits per heavy atom. The van der Waals surface area contributed by atoms with Gasteiger partial charge in [0.1, 0.15) is 23.7 Å². The van der Waals surface area contributed by atoms with Crippen molar-refractivity contribution >= 4 is 91.4 Å². The summed E-state index contributed by atoms with van der Waals surface area (Å²) in [5, 5.41) is 7.19. The van der Waals surface area contributed by atoms with Crippen LogP contribution >= 0.6 is 11.3 Å². The average molecular weight is 1150 g/mol. The van der Waals surface area contributed by atoms with Gasteiger partial charge in [-0.1, -0.05) is 54.8 Å². The molecule has 438 valence electrons. The van der Waals surface area contributed by atoms with Gasteiger partial charge in [-0.15, -0.1) is 0 Å². The normalized spacial score (nSPS) is 22.7. The number of benzene rings is 3. The predicted molar refractivity (Wildman–Crippen MR) is 303 cm³/mol. The number of fused-ring (bicyclic) bond motifs is 3. The van der Waals surface area contributed by atoms with Crippen LogP contribution in [0.1, 0.15) is 134 Å². The predicted octanol–water partition coefficient (Wildman–Crippen LogP) is 10.6. The molecule has 0 radical (unpaired) electrons. The first kappa shape index (κ1) is 60.6. The van der Waals surface area contributed by atoms with E-state index in [0.717, 1.165) is 33.1 Å². The van der Waals surface area contributed by atoms with E-state index >= 15 is 0 Å². The van der Waals surface area contributed by atoms with E-state index in [0.29, 0.717) is 139 Å². The van der Waals surface area contributed by atoms with Crippen molar-refractivity contribution in [3.05, 3.63) is 85.5 Å². The SMILES string of the molecule is C=CC(=O)OCCCCOC(=O)C1CCC(C(=O)OC2CCC(C(=O)Oc3ccc(OC(=O)C4CCC(OC(=O)C5CCC(C(=O)OCCCCOC(=O)C=C)CC5)CC4)c(/C=N/Nc4nc5ccc6ccccc6c5s4)c3)CC2)CC1. The molecule has 8 rings (SSSR count). The van der Waals surface area contributed by atoms with Crippen LogP contribution in [0.4, 0.5) is 5.13 Å². The van der Waals surface area contributed by atoms with E-state index in [-0.39, 0.29) is 97.7 Å². The number of rotatable bonds is 25. The molecule has 1 heterocycles. The van der Waals surface area contributed by atoms with Crippen LogP contribution < -0.4 is 14.9 Å². The minimum absolute atomic E-state index is 0.207. The topological polar surface area (TPSA) is 248 Å². The molecule has 3 aromatic carbocycles. The van der Waals surface area contributed by atoms with E-state index in [1.54, 1.807) is 18.2 Å². The Hall–Kier alpha value is -7.48. The number of hydrogen-bond donors (Lipinski definition) is 1. The van der Waals surface area contributed by atoms with Gasteiger partial charge in [0.2, 0.25) is 5.13 Å². The van der Waals surface area contributed by atoms with E-state index in [9.17, 15) is 38.4 Å². The number of carbonyl (C=O) groups is 8. The van der Waals surface area contributed by atoms with Gasteiger partial charge in [0.05, 0.1) is 78.4 Å². The highest BCUT2D eigenvalue weighted by atomic mass is 32.1. The summed E-state index contributed by atoms with van der Waals surface area (Å²) in [6.07, 6.45) is 13.2. The lowest BCUT2D eigenvalue weighted by Crippen LogP contribution is -2.33. The monoisotopic (exact) mass is 1150 g/mol. The van der Waals surface area contributed by atoms with E-state index in [2.05, 4.69) is 23.7 Å². The molecule has 0 aliphatic heterocycles. The van der Waals surface area contributed by atoms with Crippen LogP contribution in [0.2, 0.25) is 0 Å². The first-order valence-corrected chi connectivity index (χ1v) is 29.6. The molecular formula is C62H73N3O16S. The number of esters is 8. The maximum Gasteiger partial charge on any atom is 0.330 e. The lowest BCUT2D eigenvalue weighted by Gasteiger charge is -2.30. The van der Waals surface area contributed by atoms with Crippen molar-refractivity contribution in [3.8, 4) is 11.5 Å². The van der Waals surface area contributed by atoms with Crippen molar-refractivity contribution < 1.29 is 76.3 Å². The fraction of sp³-hybridized carbons (Fsp3) is 0.516. The Morgan fingerprint density at radius 2 is 0.976 bits per heavy atom. The number of unbranched alkanes of at least 4 members (excludes halogenated alkanes) is 2. The lowest BCUT2D eigenvalue weighted by atomic mass is 9.82. The number of anilines is 1. The number of aromatic nitrogens is 1. The number of carbonyl (C=O) groups excluding carboxylic acids is 8.